The van der Waals surface area contributed by atoms with E-state index >= 15 is 0 Å². The number of hydrazone groups is 1. The molecule has 0 aromatic heterocycles. The van der Waals surface area contributed by atoms with Crippen molar-refractivity contribution in [3.05, 3.63) is 63.7 Å². The lowest BCUT2D eigenvalue weighted by molar-refractivity contribution is 0.0956. The number of primary sulfonamides is 1. The highest BCUT2D eigenvalue weighted by Gasteiger charge is 2.45. The zero-order valence-corrected chi connectivity index (χ0v) is 21.4. The lowest BCUT2D eigenvalue weighted by atomic mass is 9.74. The minimum atomic E-state index is -3.63. The van der Waals surface area contributed by atoms with Crippen LogP contribution in [0.2, 0.25) is 5.02 Å². The predicted octanol–water partition coefficient (Wildman–Crippen LogP) is 3.58. The summed E-state index contributed by atoms with van der Waals surface area (Å²) in [6, 6.07) is 13.5. The number of fused-ring (bicyclic) bond motifs is 3. The van der Waals surface area contributed by atoms with E-state index in [4.69, 9.17) is 21.8 Å². The Morgan fingerprint density at radius 3 is 2.67 bits per heavy atom. The average Bonchev–Trinajstić information content (AvgIpc) is 3.50. The van der Waals surface area contributed by atoms with Crippen molar-refractivity contribution in [2.75, 3.05) is 17.3 Å². The molecule has 5 rings (SSSR count). The summed E-state index contributed by atoms with van der Waals surface area (Å²) in [6.45, 7) is -0.0330. The van der Waals surface area contributed by atoms with Crippen LogP contribution in [-0.2, 0) is 16.4 Å². The fraction of sp³-hybridized carbons (Fsp3) is 0.423. The highest BCUT2D eigenvalue weighted by atomic mass is 35.5. The Labute approximate surface area is 216 Å². The molecule has 36 heavy (non-hydrogen) atoms. The van der Waals surface area contributed by atoms with Crippen molar-refractivity contribution < 1.29 is 13.2 Å². The molecule has 3 N–H and O–H groups in total. The first kappa shape index (κ1) is 24.8. The van der Waals surface area contributed by atoms with E-state index in [1.165, 1.54) is 25.7 Å². The molecule has 3 aliphatic rings. The van der Waals surface area contributed by atoms with Gasteiger partial charge in [0.1, 0.15) is 6.07 Å². The molecular formula is C26H28ClN5O3S. The second-order valence-corrected chi connectivity index (χ2v) is 11.9. The molecule has 1 saturated carbocycles. The maximum atomic E-state index is 12.6. The smallest absolute Gasteiger partial charge is 0.251 e. The molecule has 0 saturated heterocycles. The number of nitrogens with one attached hydrogen (secondary N) is 1. The number of hydrogen-bond acceptors (Lipinski definition) is 6. The summed E-state index contributed by atoms with van der Waals surface area (Å²) < 4.78 is 22.3. The van der Waals surface area contributed by atoms with Crippen molar-refractivity contribution in [2.24, 2.45) is 22.1 Å². The summed E-state index contributed by atoms with van der Waals surface area (Å²) in [4.78, 5) is 12.6. The van der Waals surface area contributed by atoms with Crippen molar-refractivity contribution in [3.8, 4) is 6.07 Å². The number of carbonyl (C=O) groups is 1. The number of anilines is 1. The molecule has 8 nitrogen and oxygen atoms in total. The van der Waals surface area contributed by atoms with Crippen molar-refractivity contribution in [2.45, 2.75) is 44.6 Å². The van der Waals surface area contributed by atoms with E-state index in [1.807, 2.05) is 24.3 Å². The minimum Gasteiger partial charge on any atom is -0.351 e. The number of aryl methyl sites for hydroxylation is 1. The average molecular weight is 526 g/mol. The van der Waals surface area contributed by atoms with Crippen LogP contribution in [0.15, 0.2) is 41.5 Å². The Balaban J connectivity index is 1.45. The first-order valence-electron chi connectivity index (χ1n) is 12.2. The molecule has 2 atom stereocenters. The van der Waals surface area contributed by atoms with Crippen molar-refractivity contribution in [1.29, 1.82) is 5.26 Å². The van der Waals surface area contributed by atoms with Gasteiger partial charge >= 0.3 is 0 Å². The van der Waals surface area contributed by atoms with Crippen LogP contribution < -0.4 is 15.5 Å². The molecule has 2 aliphatic carbocycles. The monoisotopic (exact) mass is 525 g/mol. The van der Waals surface area contributed by atoms with Gasteiger partial charge in [-0.15, -0.1) is 0 Å². The number of amides is 1. The van der Waals surface area contributed by atoms with Crippen LogP contribution in [0.5, 0.6) is 0 Å². The van der Waals surface area contributed by atoms with Crippen LogP contribution >= 0.6 is 11.6 Å². The zero-order valence-electron chi connectivity index (χ0n) is 19.8. The van der Waals surface area contributed by atoms with Gasteiger partial charge in [0.05, 0.1) is 33.8 Å². The molecule has 1 fully saturated rings. The number of nitriles is 1. The molecule has 2 aromatic carbocycles. The third-order valence-electron chi connectivity index (χ3n) is 7.52. The third-order valence-corrected chi connectivity index (χ3v) is 8.61. The fourth-order valence-electron chi connectivity index (χ4n) is 5.86. The number of benzene rings is 2. The lowest BCUT2D eigenvalue weighted by Crippen LogP contribution is -2.40. The van der Waals surface area contributed by atoms with Crippen molar-refractivity contribution in [3.63, 3.8) is 0 Å². The van der Waals surface area contributed by atoms with Crippen molar-refractivity contribution >= 4 is 38.9 Å². The first-order valence-corrected chi connectivity index (χ1v) is 14.3. The highest BCUT2D eigenvalue weighted by Crippen LogP contribution is 2.45. The molecular weight excluding hydrogens is 498 g/mol. The summed E-state index contributed by atoms with van der Waals surface area (Å²) >= 11 is 6.38. The Bertz CT molecular complexity index is 1380. The second-order valence-electron chi connectivity index (χ2n) is 9.78. The van der Waals surface area contributed by atoms with E-state index in [1.54, 1.807) is 12.1 Å². The SMILES string of the molecule is N#Cc1ccc(N2N=C3c4ccc(C(=O)NCCS(N)(=O)=O)cc4CC[C@@H]3[C@@H]2C2CCCC2)cc1Cl. The summed E-state index contributed by atoms with van der Waals surface area (Å²) in [5.41, 5.74) is 4.98. The van der Waals surface area contributed by atoms with Crippen LogP contribution in [0.25, 0.3) is 0 Å². The Kier molecular flexibility index (Phi) is 6.77. The number of sulfonamides is 1. The molecule has 0 bridgehead atoms. The molecule has 0 radical (unpaired) electrons. The van der Waals surface area contributed by atoms with Crippen LogP contribution in [0, 0.1) is 23.2 Å². The number of nitrogens with zero attached hydrogens (tertiary/aromatic N) is 3. The normalized spacial score (nSPS) is 21.5. The van der Waals surface area contributed by atoms with Crippen molar-refractivity contribution in [1.82, 2.24) is 5.32 Å². The van der Waals surface area contributed by atoms with E-state index < -0.39 is 10.0 Å². The number of hydrogen-bond donors (Lipinski definition) is 2. The predicted molar refractivity (Wildman–Crippen MR) is 139 cm³/mol. The van der Waals surface area contributed by atoms with Gasteiger partial charge in [-0.05, 0) is 67.5 Å². The molecule has 2 aromatic rings. The first-order chi connectivity index (χ1) is 17.2. The number of halogens is 1. The van der Waals surface area contributed by atoms with E-state index in [0.717, 1.165) is 35.4 Å². The Hall–Kier alpha value is -2.93. The standard InChI is InChI=1S/C26H28ClN5O3S/c27-23-14-20(8-5-19(23)15-28)32-25(16-3-1-2-4-16)22-10-6-17-13-18(7-9-21(17)24(22)31-32)26(33)30-11-12-36(29,34)35/h5,7-9,13-14,16,22,25H,1-4,6,10-12H2,(H,30,33)(H2,29,34,35)/t22-,25-/m0/s1. The molecule has 0 spiro atoms. The third kappa shape index (κ3) is 4.85. The van der Waals surface area contributed by atoms with Crippen LogP contribution in [0.4, 0.5) is 5.69 Å². The van der Waals surface area contributed by atoms with Gasteiger partial charge in [-0.2, -0.15) is 10.4 Å². The quantitative estimate of drug-likeness (QED) is 0.595. The summed E-state index contributed by atoms with van der Waals surface area (Å²) in [5, 5.41) is 24.6. The van der Waals surface area contributed by atoms with E-state index in [-0.39, 0.29) is 30.2 Å². The maximum absolute atomic E-state index is 12.6. The molecule has 1 aliphatic heterocycles. The van der Waals surface area contributed by atoms with E-state index in [9.17, 15) is 18.5 Å². The lowest BCUT2D eigenvalue weighted by Gasteiger charge is -2.34. The van der Waals surface area contributed by atoms with Gasteiger partial charge in [0, 0.05) is 23.6 Å². The van der Waals surface area contributed by atoms with E-state index in [2.05, 4.69) is 16.4 Å². The number of carbonyl (C=O) groups excluding carboxylic acids is 1. The van der Waals surface area contributed by atoms with Gasteiger partial charge in [0.25, 0.3) is 5.91 Å². The largest absolute Gasteiger partial charge is 0.351 e. The summed E-state index contributed by atoms with van der Waals surface area (Å²) in [6.07, 6.45) is 6.58. The highest BCUT2D eigenvalue weighted by molar-refractivity contribution is 7.89. The maximum Gasteiger partial charge on any atom is 0.251 e. The molecule has 1 amide bonds. The Morgan fingerprint density at radius 2 is 1.97 bits per heavy atom. The summed E-state index contributed by atoms with van der Waals surface area (Å²) in [7, 11) is -3.63. The molecule has 0 unspecified atom stereocenters. The van der Waals surface area contributed by atoms with Crippen LogP contribution in [0.1, 0.15) is 59.2 Å². The van der Waals surface area contributed by atoms with Crippen LogP contribution in [0.3, 0.4) is 0 Å². The molecule has 188 valence electrons. The zero-order chi connectivity index (χ0) is 25.4. The van der Waals surface area contributed by atoms with Gasteiger partial charge in [0.15, 0.2) is 0 Å². The van der Waals surface area contributed by atoms with Gasteiger partial charge in [0.2, 0.25) is 10.0 Å². The summed E-state index contributed by atoms with van der Waals surface area (Å²) in [5.74, 6) is 0.190. The molecule has 10 heteroatoms. The van der Waals surface area contributed by atoms with Gasteiger partial charge in [-0.3, -0.25) is 9.80 Å². The number of nitrogens with two attached hydrogens (primary N) is 1. The minimum absolute atomic E-state index is 0.0330. The molecule has 1 heterocycles. The van der Waals surface area contributed by atoms with Crippen LogP contribution in [-0.4, -0.2) is 38.4 Å². The fourth-order valence-corrected chi connectivity index (χ4v) is 6.46. The second kappa shape index (κ2) is 9.85. The Morgan fingerprint density at radius 1 is 1.19 bits per heavy atom. The topological polar surface area (TPSA) is 129 Å². The van der Waals surface area contributed by atoms with Gasteiger partial charge in [-0.25, -0.2) is 13.6 Å². The van der Waals surface area contributed by atoms with Gasteiger partial charge in [-0.1, -0.05) is 30.5 Å². The van der Waals surface area contributed by atoms with Gasteiger partial charge < -0.3 is 5.32 Å². The number of rotatable bonds is 6. The van der Waals surface area contributed by atoms with E-state index in [0.29, 0.717) is 22.1 Å².